The topological polar surface area (TPSA) is 12.5 Å². The van der Waals surface area contributed by atoms with Crippen molar-refractivity contribution in [3.63, 3.8) is 0 Å². The van der Waals surface area contributed by atoms with Gasteiger partial charge in [-0.05, 0) is 48.5 Å². The Balaban J connectivity index is 1.94. The van der Waals surface area contributed by atoms with Gasteiger partial charge < -0.3 is 9.64 Å². The van der Waals surface area contributed by atoms with E-state index >= 15 is 0 Å². The lowest BCUT2D eigenvalue weighted by molar-refractivity contribution is -0.113. The van der Waals surface area contributed by atoms with E-state index in [1.54, 1.807) is 11.3 Å². The number of hydrogen-bond donors (Lipinski definition) is 0. The van der Waals surface area contributed by atoms with Crippen LogP contribution in [-0.4, -0.2) is 30.7 Å². The Kier molecular flexibility index (Phi) is 3.01. The molecule has 1 fully saturated rings. The number of hydrogen-bond acceptors (Lipinski definition) is 2. The molecule has 2 unspecified atom stereocenters. The van der Waals surface area contributed by atoms with Crippen LogP contribution in [-0.2, 0) is 4.74 Å². The van der Waals surface area contributed by atoms with E-state index < -0.39 is 0 Å². The van der Waals surface area contributed by atoms with Gasteiger partial charge in [-0.3, -0.25) is 0 Å². The highest BCUT2D eigenvalue weighted by Crippen LogP contribution is 2.54. The lowest BCUT2D eigenvalue weighted by Gasteiger charge is -2.46. The average molecular weight is 263 g/mol. The first-order chi connectivity index (χ1) is 8.91. The molecule has 0 amide bonds. The largest absolute Gasteiger partial charge is 0.376 e. The van der Waals surface area contributed by atoms with E-state index in [-0.39, 0.29) is 0 Å². The first-order valence-corrected chi connectivity index (χ1v) is 7.94. The van der Waals surface area contributed by atoms with Crippen molar-refractivity contribution in [1.29, 1.82) is 0 Å². The Morgan fingerprint density at radius 2 is 2.00 bits per heavy atom. The molecule has 0 aromatic heterocycles. The van der Waals surface area contributed by atoms with Crippen LogP contribution in [0.25, 0.3) is 0 Å². The van der Waals surface area contributed by atoms with Crippen molar-refractivity contribution >= 4 is 0 Å². The van der Waals surface area contributed by atoms with Gasteiger partial charge in [0.1, 0.15) is 0 Å². The van der Waals surface area contributed by atoms with Crippen molar-refractivity contribution in [1.82, 2.24) is 4.90 Å². The Morgan fingerprint density at radius 3 is 2.53 bits per heavy atom. The molecule has 2 aliphatic heterocycles. The van der Waals surface area contributed by atoms with E-state index in [1.165, 1.54) is 25.7 Å². The van der Waals surface area contributed by atoms with Crippen LogP contribution in [0.4, 0.5) is 0 Å². The third-order valence-corrected chi connectivity index (χ3v) is 6.71. The normalized spacial score (nSPS) is 37.6. The molecule has 2 heterocycles. The number of allylic oxidation sites excluding steroid dienone is 1. The summed E-state index contributed by atoms with van der Waals surface area (Å²) in [5.41, 5.74) is 4.20. The summed E-state index contributed by atoms with van der Waals surface area (Å²) in [5.74, 6) is 1.47. The van der Waals surface area contributed by atoms with Gasteiger partial charge in [-0.1, -0.05) is 27.7 Å². The zero-order chi connectivity index (χ0) is 13.8. The minimum Gasteiger partial charge on any atom is -0.376 e. The van der Waals surface area contributed by atoms with Gasteiger partial charge in [-0.15, -0.1) is 0 Å². The van der Waals surface area contributed by atoms with Crippen molar-refractivity contribution in [2.75, 3.05) is 20.3 Å². The predicted octanol–water partition coefficient (Wildman–Crippen LogP) is 3.83. The van der Waals surface area contributed by atoms with Gasteiger partial charge in [0.05, 0.1) is 18.8 Å². The van der Waals surface area contributed by atoms with Gasteiger partial charge in [0.15, 0.2) is 0 Å². The Morgan fingerprint density at radius 1 is 1.32 bits per heavy atom. The summed E-state index contributed by atoms with van der Waals surface area (Å²) in [6, 6.07) is 0. The fourth-order valence-corrected chi connectivity index (χ4v) is 4.48. The van der Waals surface area contributed by atoms with E-state index in [2.05, 4.69) is 39.6 Å². The molecule has 2 atom stereocenters. The van der Waals surface area contributed by atoms with Gasteiger partial charge in [0.25, 0.3) is 0 Å². The molecular weight excluding hydrogens is 234 g/mol. The van der Waals surface area contributed by atoms with Crippen LogP contribution in [0.2, 0.25) is 0 Å². The second-order valence-electron chi connectivity index (χ2n) is 7.66. The van der Waals surface area contributed by atoms with Gasteiger partial charge in [0, 0.05) is 12.7 Å². The van der Waals surface area contributed by atoms with Crippen LogP contribution in [0.15, 0.2) is 11.3 Å². The minimum absolute atomic E-state index is 0.328. The summed E-state index contributed by atoms with van der Waals surface area (Å²) < 4.78 is 5.53. The lowest BCUT2D eigenvalue weighted by atomic mass is 9.64. The monoisotopic (exact) mass is 263 g/mol. The van der Waals surface area contributed by atoms with Crippen molar-refractivity contribution in [3.05, 3.63) is 11.3 Å². The molecule has 1 aliphatic carbocycles. The Bertz CT molecular complexity index is 407. The summed E-state index contributed by atoms with van der Waals surface area (Å²) in [5, 5.41) is 0. The third kappa shape index (κ3) is 1.72. The zero-order valence-electron chi connectivity index (χ0n) is 13.3. The predicted molar refractivity (Wildman–Crippen MR) is 78.9 cm³/mol. The first kappa shape index (κ1) is 13.5. The molecule has 0 aromatic carbocycles. The smallest absolute Gasteiger partial charge is 0.0898 e. The van der Waals surface area contributed by atoms with Crippen LogP contribution in [0, 0.1) is 17.3 Å². The highest BCUT2D eigenvalue weighted by molar-refractivity contribution is 5.32. The molecule has 108 valence electrons. The molecule has 0 saturated carbocycles. The summed E-state index contributed by atoms with van der Waals surface area (Å²) in [6.07, 6.45) is 5.25. The molecule has 3 aliphatic rings. The third-order valence-electron chi connectivity index (χ3n) is 6.71. The fraction of sp³-hybridized carbons (Fsp3) is 0.882. The van der Waals surface area contributed by atoms with Gasteiger partial charge >= 0.3 is 0 Å². The van der Waals surface area contributed by atoms with E-state index in [4.69, 9.17) is 4.74 Å². The van der Waals surface area contributed by atoms with E-state index in [1.807, 2.05) is 0 Å². The van der Waals surface area contributed by atoms with E-state index in [0.717, 1.165) is 19.1 Å². The summed E-state index contributed by atoms with van der Waals surface area (Å²) in [6.45, 7) is 11.7. The van der Waals surface area contributed by atoms with Crippen LogP contribution >= 0.6 is 0 Å². The second-order valence-corrected chi connectivity index (χ2v) is 7.66. The molecule has 0 aromatic rings. The van der Waals surface area contributed by atoms with E-state index in [9.17, 15) is 0 Å². The molecule has 2 heteroatoms. The highest BCUT2D eigenvalue weighted by Gasteiger charge is 2.52. The maximum atomic E-state index is 5.53. The second kappa shape index (κ2) is 4.25. The summed E-state index contributed by atoms with van der Waals surface area (Å²) in [7, 11) is 2.30. The number of ether oxygens (including phenoxy) is 1. The molecule has 1 saturated heterocycles. The van der Waals surface area contributed by atoms with Crippen LogP contribution in [0.3, 0.4) is 0 Å². The summed E-state index contributed by atoms with van der Waals surface area (Å²) >= 11 is 0. The molecular formula is C17H29NO. The number of rotatable bonds is 1. The quantitative estimate of drug-likeness (QED) is 0.713. The highest BCUT2D eigenvalue weighted by atomic mass is 16.5. The molecule has 3 rings (SSSR count). The molecule has 0 N–H and O–H groups in total. The van der Waals surface area contributed by atoms with Crippen molar-refractivity contribution < 1.29 is 4.74 Å². The molecule has 0 radical (unpaired) electrons. The van der Waals surface area contributed by atoms with Gasteiger partial charge in [-0.2, -0.15) is 0 Å². The van der Waals surface area contributed by atoms with Crippen molar-refractivity contribution in [3.8, 4) is 0 Å². The maximum absolute atomic E-state index is 5.53. The van der Waals surface area contributed by atoms with E-state index in [0.29, 0.717) is 16.9 Å². The Hall–Kier alpha value is -0.500. The maximum Gasteiger partial charge on any atom is 0.0898 e. The fourth-order valence-electron chi connectivity index (χ4n) is 4.48. The van der Waals surface area contributed by atoms with Crippen molar-refractivity contribution in [2.24, 2.45) is 17.3 Å². The van der Waals surface area contributed by atoms with Gasteiger partial charge in [0.2, 0.25) is 0 Å². The lowest BCUT2D eigenvalue weighted by Crippen LogP contribution is -2.57. The molecule has 19 heavy (non-hydrogen) atoms. The minimum atomic E-state index is 0.328. The summed E-state index contributed by atoms with van der Waals surface area (Å²) in [4.78, 5) is 2.58. The van der Waals surface area contributed by atoms with Crippen LogP contribution in [0.1, 0.15) is 53.4 Å². The average Bonchev–Trinajstić information content (AvgIpc) is 2.54. The molecule has 1 spiro atoms. The Labute approximate surface area is 118 Å². The SMILES string of the molecule is CC(C)C1(C)CCCC2=C(CC3(COC3)N2C)C1C. The first-order valence-electron chi connectivity index (χ1n) is 7.94. The standard InChI is InChI=1S/C17H29NO/c1-12(2)16(4)8-6-7-15-14(13(16)3)9-17(18(15)5)10-19-11-17/h12-13H,6-11H2,1-5H3. The zero-order valence-corrected chi connectivity index (χ0v) is 13.3. The van der Waals surface area contributed by atoms with Crippen molar-refractivity contribution in [2.45, 2.75) is 58.9 Å². The molecule has 2 nitrogen and oxygen atoms in total. The van der Waals surface area contributed by atoms with Gasteiger partial charge in [-0.25, -0.2) is 0 Å². The number of likely N-dealkylation sites (N-methyl/N-ethyl adjacent to an activating group) is 1. The number of nitrogens with zero attached hydrogens (tertiary/aromatic N) is 1. The molecule has 0 bridgehead atoms. The van der Waals surface area contributed by atoms with Crippen LogP contribution < -0.4 is 0 Å². The van der Waals surface area contributed by atoms with Crippen LogP contribution in [0.5, 0.6) is 0 Å².